The van der Waals surface area contributed by atoms with Crippen LogP contribution in [0.3, 0.4) is 0 Å². The molecule has 0 aliphatic heterocycles. The molecule has 96 valence electrons. The van der Waals surface area contributed by atoms with Crippen LogP contribution in [-0.2, 0) is 9.59 Å². The van der Waals surface area contributed by atoms with Crippen molar-refractivity contribution in [2.45, 2.75) is 19.9 Å². The van der Waals surface area contributed by atoms with Crippen LogP contribution >= 0.6 is 0 Å². The number of ketones is 2. The summed E-state index contributed by atoms with van der Waals surface area (Å²) >= 11 is 0. The number of nitrogens with zero attached hydrogens (tertiary/aromatic N) is 1. The zero-order valence-corrected chi connectivity index (χ0v) is 10.1. The number of hydrogen-bond acceptors (Lipinski definition) is 5. The number of hydrogen-bond donors (Lipinski definition) is 1. The van der Waals surface area contributed by atoms with Gasteiger partial charge in [0.1, 0.15) is 11.6 Å². The molecule has 1 aromatic rings. The Labute approximate surface area is 104 Å². The second-order valence-corrected chi connectivity index (χ2v) is 4.08. The topological polar surface area (TPSA) is 103 Å². The average Bonchev–Trinajstić information content (AvgIpc) is 2.28. The van der Waals surface area contributed by atoms with Crippen molar-refractivity contribution in [3.05, 3.63) is 39.9 Å². The van der Waals surface area contributed by atoms with Gasteiger partial charge in [-0.1, -0.05) is 12.1 Å². The summed E-state index contributed by atoms with van der Waals surface area (Å²) in [5.41, 5.74) is 6.13. The van der Waals surface area contributed by atoms with Crippen LogP contribution in [0.5, 0.6) is 0 Å². The quantitative estimate of drug-likeness (QED) is 0.483. The number of Topliss-reactive ketones (excluding diaryl/α,β-unsaturated/α-hetero) is 2. The second-order valence-electron chi connectivity index (χ2n) is 4.08. The summed E-state index contributed by atoms with van der Waals surface area (Å²) in [5, 5.41) is 10.6. The lowest BCUT2D eigenvalue weighted by Gasteiger charge is -2.19. The first-order valence-electron chi connectivity index (χ1n) is 5.35. The van der Waals surface area contributed by atoms with E-state index in [0.29, 0.717) is 5.56 Å². The maximum absolute atomic E-state index is 11.4. The lowest BCUT2D eigenvalue weighted by molar-refractivity contribution is -0.384. The Bertz CT molecular complexity index is 485. The minimum absolute atomic E-state index is 0.117. The van der Waals surface area contributed by atoms with Gasteiger partial charge in [0.25, 0.3) is 5.69 Å². The molecular weight excluding hydrogens is 236 g/mol. The Balaban J connectivity index is 3.12. The molecule has 1 unspecified atom stereocenters. The minimum Gasteiger partial charge on any atom is -0.323 e. The largest absolute Gasteiger partial charge is 0.323 e. The van der Waals surface area contributed by atoms with Crippen LogP contribution in [0.1, 0.15) is 25.5 Å². The third-order valence-corrected chi connectivity index (χ3v) is 2.70. The first kappa shape index (κ1) is 14.0. The van der Waals surface area contributed by atoms with Gasteiger partial charge < -0.3 is 5.73 Å². The highest BCUT2D eigenvalue weighted by Crippen LogP contribution is 2.24. The number of nitrogens with two attached hydrogens (primary N) is 1. The number of carbonyl (C=O) groups is 2. The molecule has 0 bridgehead atoms. The normalized spacial score (nSPS) is 12.2. The summed E-state index contributed by atoms with van der Waals surface area (Å²) in [6, 6.07) is 4.79. The molecule has 0 amide bonds. The molecule has 1 aromatic carbocycles. The monoisotopic (exact) mass is 250 g/mol. The predicted molar refractivity (Wildman–Crippen MR) is 64.9 cm³/mol. The Morgan fingerprint density at radius 1 is 1.28 bits per heavy atom. The number of rotatable bonds is 5. The second kappa shape index (κ2) is 5.50. The van der Waals surface area contributed by atoms with Gasteiger partial charge in [-0.05, 0) is 19.4 Å². The van der Waals surface area contributed by atoms with E-state index in [9.17, 15) is 19.7 Å². The minimum atomic E-state index is -0.966. The first-order chi connectivity index (χ1) is 8.34. The molecule has 6 nitrogen and oxygen atoms in total. The summed E-state index contributed by atoms with van der Waals surface area (Å²) in [5.74, 6) is -1.66. The molecule has 0 saturated carbocycles. The van der Waals surface area contributed by atoms with Gasteiger partial charge in [-0.2, -0.15) is 0 Å². The van der Waals surface area contributed by atoms with E-state index in [1.54, 1.807) is 6.07 Å². The summed E-state index contributed by atoms with van der Waals surface area (Å²) in [6.45, 7) is 2.56. The van der Waals surface area contributed by atoms with Crippen LogP contribution in [0, 0.1) is 16.0 Å². The maximum Gasteiger partial charge on any atom is 0.269 e. The van der Waals surface area contributed by atoms with Crippen LogP contribution in [0.4, 0.5) is 5.69 Å². The van der Waals surface area contributed by atoms with Crippen molar-refractivity contribution in [3.8, 4) is 0 Å². The average molecular weight is 250 g/mol. The Morgan fingerprint density at radius 3 is 2.28 bits per heavy atom. The van der Waals surface area contributed by atoms with E-state index in [2.05, 4.69) is 0 Å². The van der Waals surface area contributed by atoms with Crippen LogP contribution in [0.2, 0.25) is 0 Å². The van der Waals surface area contributed by atoms with Gasteiger partial charge in [0.2, 0.25) is 0 Å². The maximum atomic E-state index is 11.4. The number of non-ortho nitro benzene ring substituents is 1. The van der Waals surface area contributed by atoms with Crippen LogP contribution in [0.15, 0.2) is 24.3 Å². The van der Waals surface area contributed by atoms with Crippen molar-refractivity contribution >= 4 is 17.3 Å². The number of carbonyl (C=O) groups excluding carboxylic acids is 2. The zero-order chi connectivity index (χ0) is 13.9. The fraction of sp³-hybridized carbons (Fsp3) is 0.333. The molecule has 0 fully saturated rings. The Kier molecular flexibility index (Phi) is 4.28. The molecule has 1 rings (SSSR count). The van der Waals surface area contributed by atoms with E-state index >= 15 is 0 Å². The van der Waals surface area contributed by atoms with Gasteiger partial charge in [-0.15, -0.1) is 0 Å². The van der Waals surface area contributed by atoms with Crippen molar-refractivity contribution in [2.24, 2.45) is 11.7 Å². The highest BCUT2D eigenvalue weighted by Gasteiger charge is 2.28. The van der Waals surface area contributed by atoms with Gasteiger partial charge >= 0.3 is 0 Å². The molecule has 0 spiro atoms. The summed E-state index contributed by atoms with van der Waals surface area (Å²) in [6.07, 6.45) is 0. The molecule has 0 radical (unpaired) electrons. The molecule has 1 atom stereocenters. The molecular formula is C12H14N2O4. The SMILES string of the molecule is CC(=O)C(C(C)=O)C(N)c1cccc([N+](=O)[O-])c1. The fourth-order valence-electron chi connectivity index (χ4n) is 1.83. The van der Waals surface area contributed by atoms with Crippen molar-refractivity contribution in [1.29, 1.82) is 0 Å². The van der Waals surface area contributed by atoms with Gasteiger partial charge in [0.05, 0.1) is 10.8 Å². The van der Waals surface area contributed by atoms with E-state index in [4.69, 9.17) is 5.73 Å². The smallest absolute Gasteiger partial charge is 0.269 e. The van der Waals surface area contributed by atoms with Crippen LogP contribution < -0.4 is 5.73 Å². The van der Waals surface area contributed by atoms with Crippen molar-refractivity contribution < 1.29 is 14.5 Å². The lowest BCUT2D eigenvalue weighted by Crippen LogP contribution is -2.32. The fourth-order valence-corrected chi connectivity index (χ4v) is 1.83. The standard InChI is InChI=1S/C12H14N2O4/c1-7(15)11(8(2)16)12(13)9-4-3-5-10(6-9)14(17)18/h3-6,11-12H,13H2,1-2H3. The molecule has 0 aromatic heterocycles. The van der Waals surface area contributed by atoms with Gasteiger partial charge in [-0.25, -0.2) is 0 Å². The van der Waals surface area contributed by atoms with Crippen molar-refractivity contribution in [2.75, 3.05) is 0 Å². The van der Waals surface area contributed by atoms with E-state index in [1.165, 1.54) is 32.0 Å². The van der Waals surface area contributed by atoms with Crippen LogP contribution in [-0.4, -0.2) is 16.5 Å². The number of nitro benzene ring substituents is 1. The molecule has 0 aliphatic carbocycles. The number of benzene rings is 1. The van der Waals surface area contributed by atoms with E-state index in [1.807, 2.05) is 0 Å². The molecule has 0 aliphatic rings. The third-order valence-electron chi connectivity index (χ3n) is 2.70. The highest BCUT2D eigenvalue weighted by atomic mass is 16.6. The predicted octanol–water partition coefficient (Wildman–Crippen LogP) is 1.39. The summed E-state index contributed by atoms with van der Waals surface area (Å²) in [4.78, 5) is 32.9. The van der Waals surface area contributed by atoms with E-state index in [0.717, 1.165) is 0 Å². The third kappa shape index (κ3) is 2.98. The highest BCUT2D eigenvalue weighted by molar-refractivity contribution is 6.01. The Hall–Kier alpha value is -2.08. The van der Waals surface area contributed by atoms with Crippen molar-refractivity contribution in [3.63, 3.8) is 0 Å². The molecule has 0 saturated heterocycles. The lowest BCUT2D eigenvalue weighted by atomic mass is 9.88. The Morgan fingerprint density at radius 2 is 1.83 bits per heavy atom. The van der Waals surface area contributed by atoms with Gasteiger partial charge in [-0.3, -0.25) is 19.7 Å². The van der Waals surface area contributed by atoms with Crippen LogP contribution in [0.25, 0.3) is 0 Å². The molecule has 2 N–H and O–H groups in total. The zero-order valence-electron chi connectivity index (χ0n) is 10.1. The van der Waals surface area contributed by atoms with E-state index in [-0.39, 0.29) is 17.3 Å². The summed E-state index contributed by atoms with van der Waals surface area (Å²) in [7, 11) is 0. The first-order valence-corrected chi connectivity index (χ1v) is 5.35. The molecule has 18 heavy (non-hydrogen) atoms. The molecule has 6 heteroatoms. The van der Waals surface area contributed by atoms with Crippen molar-refractivity contribution in [1.82, 2.24) is 0 Å². The van der Waals surface area contributed by atoms with Gasteiger partial charge in [0.15, 0.2) is 0 Å². The number of nitro groups is 1. The van der Waals surface area contributed by atoms with Gasteiger partial charge in [0, 0.05) is 18.2 Å². The summed E-state index contributed by atoms with van der Waals surface area (Å²) < 4.78 is 0. The van der Waals surface area contributed by atoms with E-state index < -0.39 is 16.9 Å². The molecule has 0 heterocycles.